The summed E-state index contributed by atoms with van der Waals surface area (Å²) in [6.45, 7) is 7.85. The van der Waals surface area contributed by atoms with E-state index in [0.29, 0.717) is 18.2 Å². The summed E-state index contributed by atoms with van der Waals surface area (Å²) in [5.74, 6) is 0.876. The van der Waals surface area contributed by atoms with E-state index in [4.69, 9.17) is 0 Å². The summed E-state index contributed by atoms with van der Waals surface area (Å²) in [6.07, 6.45) is 0.659. The van der Waals surface area contributed by atoms with Crippen molar-refractivity contribution in [2.45, 2.75) is 20.3 Å². The highest BCUT2D eigenvalue weighted by molar-refractivity contribution is 5.85. The number of halogens is 1. The Morgan fingerprint density at radius 3 is 2.77 bits per heavy atom. The van der Waals surface area contributed by atoms with Gasteiger partial charge >= 0.3 is 0 Å². The lowest BCUT2D eigenvalue weighted by atomic mass is 10.2. The molecular weight excluding hydrogens is 188 g/mol. The Kier molecular flexibility index (Phi) is 6.08. The molecule has 0 spiro atoms. The van der Waals surface area contributed by atoms with E-state index in [-0.39, 0.29) is 12.4 Å². The zero-order valence-electron chi connectivity index (χ0n) is 8.38. The molecule has 1 saturated heterocycles. The van der Waals surface area contributed by atoms with Crippen molar-refractivity contribution in [1.29, 1.82) is 0 Å². The molecule has 1 rings (SSSR count). The van der Waals surface area contributed by atoms with Gasteiger partial charge in [0.05, 0.1) is 0 Å². The lowest BCUT2D eigenvalue weighted by Crippen LogP contribution is -2.35. The van der Waals surface area contributed by atoms with Gasteiger partial charge in [0.25, 0.3) is 0 Å². The molecule has 0 aromatic carbocycles. The Morgan fingerprint density at radius 2 is 2.15 bits per heavy atom. The van der Waals surface area contributed by atoms with Crippen molar-refractivity contribution in [3.8, 4) is 0 Å². The van der Waals surface area contributed by atoms with Crippen molar-refractivity contribution < 1.29 is 4.79 Å². The molecule has 1 N–H and O–H groups in total. The van der Waals surface area contributed by atoms with Crippen molar-refractivity contribution in [3.05, 3.63) is 0 Å². The van der Waals surface area contributed by atoms with Crippen molar-refractivity contribution in [1.82, 2.24) is 10.2 Å². The van der Waals surface area contributed by atoms with Gasteiger partial charge in [-0.2, -0.15) is 0 Å². The van der Waals surface area contributed by atoms with Crippen molar-refractivity contribution in [3.63, 3.8) is 0 Å². The maximum absolute atomic E-state index is 11.4. The second kappa shape index (κ2) is 6.22. The summed E-state index contributed by atoms with van der Waals surface area (Å²) in [4.78, 5) is 13.4. The molecule has 13 heavy (non-hydrogen) atoms. The minimum Gasteiger partial charge on any atom is -0.341 e. The molecule has 3 nitrogen and oxygen atoms in total. The summed E-state index contributed by atoms with van der Waals surface area (Å²) in [5, 5.41) is 3.22. The number of nitrogens with zero attached hydrogens (tertiary/aromatic N) is 1. The molecule has 0 atom stereocenters. The third-order valence-electron chi connectivity index (χ3n) is 2.01. The second-order valence-corrected chi connectivity index (χ2v) is 3.73. The summed E-state index contributed by atoms with van der Waals surface area (Å²) in [7, 11) is 0. The Balaban J connectivity index is 0.00000144. The molecule has 0 aliphatic carbocycles. The Bertz CT molecular complexity index is 162. The first kappa shape index (κ1) is 12.7. The van der Waals surface area contributed by atoms with Crippen LogP contribution in [0.5, 0.6) is 0 Å². The summed E-state index contributed by atoms with van der Waals surface area (Å²) >= 11 is 0. The van der Waals surface area contributed by atoms with E-state index in [1.807, 2.05) is 4.90 Å². The zero-order chi connectivity index (χ0) is 8.97. The number of nitrogens with one attached hydrogen (secondary N) is 1. The van der Waals surface area contributed by atoms with Crippen LogP contribution in [0.25, 0.3) is 0 Å². The van der Waals surface area contributed by atoms with E-state index >= 15 is 0 Å². The SMILES string of the molecule is CC(C)CN1CCNCCC1=O.Cl. The summed E-state index contributed by atoms with van der Waals surface area (Å²) in [5.41, 5.74) is 0. The average molecular weight is 207 g/mol. The molecule has 4 heteroatoms. The topological polar surface area (TPSA) is 32.3 Å². The molecule has 0 radical (unpaired) electrons. The predicted octanol–water partition coefficient (Wildman–Crippen LogP) is 0.886. The number of carbonyl (C=O) groups is 1. The first-order valence-corrected chi connectivity index (χ1v) is 4.68. The highest BCUT2D eigenvalue weighted by atomic mass is 35.5. The van der Waals surface area contributed by atoms with Gasteiger partial charge in [-0.3, -0.25) is 4.79 Å². The van der Waals surface area contributed by atoms with Gasteiger partial charge in [0.15, 0.2) is 0 Å². The Hall–Kier alpha value is -0.280. The van der Waals surface area contributed by atoms with Crippen LogP contribution in [-0.2, 0) is 4.79 Å². The molecule has 0 aromatic rings. The van der Waals surface area contributed by atoms with Gasteiger partial charge in [-0.05, 0) is 5.92 Å². The van der Waals surface area contributed by atoms with Crippen LogP contribution in [0.1, 0.15) is 20.3 Å². The van der Waals surface area contributed by atoms with Crippen LogP contribution in [-0.4, -0.2) is 37.0 Å². The van der Waals surface area contributed by atoms with Gasteiger partial charge in [0.2, 0.25) is 5.91 Å². The number of carbonyl (C=O) groups excluding carboxylic acids is 1. The highest BCUT2D eigenvalue weighted by Crippen LogP contribution is 2.02. The fourth-order valence-electron chi connectivity index (χ4n) is 1.45. The van der Waals surface area contributed by atoms with Crippen molar-refractivity contribution in [2.24, 2.45) is 5.92 Å². The van der Waals surface area contributed by atoms with Crippen molar-refractivity contribution >= 4 is 18.3 Å². The molecule has 1 heterocycles. The Morgan fingerprint density at radius 1 is 1.46 bits per heavy atom. The fraction of sp³-hybridized carbons (Fsp3) is 0.889. The maximum atomic E-state index is 11.4. The molecule has 1 fully saturated rings. The standard InChI is InChI=1S/C9H18N2O.ClH/c1-8(2)7-11-6-5-10-4-3-9(11)12;/h8,10H,3-7H2,1-2H3;1H. The summed E-state index contributed by atoms with van der Waals surface area (Å²) in [6, 6.07) is 0. The Labute approximate surface area is 86.3 Å². The quantitative estimate of drug-likeness (QED) is 0.728. The van der Waals surface area contributed by atoms with E-state index in [1.54, 1.807) is 0 Å². The maximum Gasteiger partial charge on any atom is 0.223 e. The largest absolute Gasteiger partial charge is 0.341 e. The third kappa shape index (κ3) is 4.48. The van der Waals surface area contributed by atoms with Crippen LogP contribution in [0.4, 0.5) is 0 Å². The van der Waals surface area contributed by atoms with E-state index in [0.717, 1.165) is 26.2 Å². The molecule has 78 valence electrons. The highest BCUT2D eigenvalue weighted by Gasteiger charge is 2.16. The molecule has 1 aliphatic rings. The number of hydrogen-bond acceptors (Lipinski definition) is 2. The first-order valence-electron chi connectivity index (χ1n) is 4.68. The van der Waals surface area contributed by atoms with Crippen LogP contribution in [0.15, 0.2) is 0 Å². The molecule has 0 aromatic heterocycles. The van der Waals surface area contributed by atoms with Crippen molar-refractivity contribution in [2.75, 3.05) is 26.2 Å². The lowest BCUT2D eigenvalue weighted by molar-refractivity contribution is -0.130. The number of hydrogen-bond donors (Lipinski definition) is 1. The van der Waals surface area contributed by atoms with Crippen LogP contribution < -0.4 is 5.32 Å². The lowest BCUT2D eigenvalue weighted by Gasteiger charge is -2.21. The third-order valence-corrected chi connectivity index (χ3v) is 2.01. The molecule has 1 aliphatic heterocycles. The van der Waals surface area contributed by atoms with Gasteiger partial charge in [-0.15, -0.1) is 12.4 Å². The van der Waals surface area contributed by atoms with Gasteiger partial charge in [-0.25, -0.2) is 0 Å². The van der Waals surface area contributed by atoms with E-state index in [2.05, 4.69) is 19.2 Å². The smallest absolute Gasteiger partial charge is 0.223 e. The minimum absolute atomic E-state index is 0. The van der Waals surface area contributed by atoms with E-state index < -0.39 is 0 Å². The summed E-state index contributed by atoms with van der Waals surface area (Å²) < 4.78 is 0. The average Bonchev–Trinajstić information content (AvgIpc) is 2.16. The van der Waals surface area contributed by atoms with Gasteiger partial charge in [-0.1, -0.05) is 13.8 Å². The zero-order valence-corrected chi connectivity index (χ0v) is 9.19. The molecule has 1 amide bonds. The van der Waals surface area contributed by atoms with Crippen LogP contribution >= 0.6 is 12.4 Å². The van der Waals surface area contributed by atoms with Gasteiger partial charge < -0.3 is 10.2 Å². The second-order valence-electron chi connectivity index (χ2n) is 3.73. The van der Waals surface area contributed by atoms with E-state index in [9.17, 15) is 4.79 Å². The van der Waals surface area contributed by atoms with Gasteiger partial charge in [0.1, 0.15) is 0 Å². The first-order chi connectivity index (χ1) is 5.70. The van der Waals surface area contributed by atoms with Crippen LogP contribution in [0, 0.1) is 5.92 Å². The molecular formula is C9H19ClN2O. The minimum atomic E-state index is 0. The van der Waals surface area contributed by atoms with Gasteiger partial charge in [0, 0.05) is 32.6 Å². The number of amides is 1. The molecule has 0 unspecified atom stereocenters. The van der Waals surface area contributed by atoms with Crippen LogP contribution in [0.2, 0.25) is 0 Å². The predicted molar refractivity (Wildman–Crippen MR) is 56.2 cm³/mol. The number of rotatable bonds is 2. The fourth-order valence-corrected chi connectivity index (χ4v) is 1.45. The monoisotopic (exact) mass is 206 g/mol. The van der Waals surface area contributed by atoms with E-state index in [1.165, 1.54) is 0 Å². The molecule has 0 bridgehead atoms. The normalized spacial score (nSPS) is 18.4. The molecule has 0 saturated carbocycles. The van der Waals surface area contributed by atoms with Crippen LogP contribution in [0.3, 0.4) is 0 Å².